The highest BCUT2D eigenvalue weighted by Gasteiger charge is 2.34. The number of nitrogens with one attached hydrogen (secondary N) is 1. The van der Waals surface area contributed by atoms with Crippen LogP contribution in [0.5, 0.6) is 5.75 Å². The quantitative estimate of drug-likeness (QED) is 0.847. The number of aliphatic carboxylic acids is 1. The number of hydrogen-bond acceptors (Lipinski definition) is 3. The molecule has 1 aromatic carbocycles. The minimum Gasteiger partial charge on any atom is -0.494 e. The van der Waals surface area contributed by atoms with Crippen LogP contribution < -0.4 is 10.1 Å². The third-order valence-corrected chi connectivity index (χ3v) is 4.20. The van der Waals surface area contributed by atoms with Gasteiger partial charge in [-0.25, -0.2) is 0 Å². The third kappa shape index (κ3) is 3.78. The van der Waals surface area contributed by atoms with Gasteiger partial charge < -0.3 is 15.2 Å². The fraction of sp³-hybridized carbons (Fsp3) is 0.529. The molecule has 1 aliphatic carbocycles. The van der Waals surface area contributed by atoms with Crippen molar-refractivity contribution >= 4 is 11.9 Å². The Balaban J connectivity index is 1.99. The summed E-state index contributed by atoms with van der Waals surface area (Å²) in [4.78, 5) is 23.3. The molecule has 0 spiro atoms. The summed E-state index contributed by atoms with van der Waals surface area (Å²) in [5, 5.41) is 12.0. The number of carboxylic acids is 1. The lowest BCUT2D eigenvalue weighted by Gasteiger charge is -2.20. The monoisotopic (exact) mass is 305 g/mol. The average molecular weight is 305 g/mol. The zero-order valence-electron chi connectivity index (χ0n) is 13.0. The molecule has 1 saturated carbocycles. The molecule has 0 bridgehead atoms. The van der Waals surface area contributed by atoms with E-state index in [1.165, 1.54) is 0 Å². The van der Waals surface area contributed by atoms with Crippen LogP contribution in [0.15, 0.2) is 24.3 Å². The Labute approximate surface area is 130 Å². The lowest BCUT2D eigenvalue weighted by atomic mass is 10.0. The lowest BCUT2D eigenvalue weighted by molar-refractivity contribution is -0.141. The van der Waals surface area contributed by atoms with Crippen molar-refractivity contribution in [1.29, 1.82) is 0 Å². The van der Waals surface area contributed by atoms with Crippen LogP contribution in [0.3, 0.4) is 0 Å². The van der Waals surface area contributed by atoms with Crippen molar-refractivity contribution in [2.45, 2.75) is 39.2 Å². The van der Waals surface area contributed by atoms with Gasteiger partial charge in [-0.3, -0.25) is 9.59 Å². The van der Waals surface area contributed by atoms with Gasteiger partial charge >= 0.3 is 5.97 Å². The molecule has 1 aromatic rings. The Kier molecular flexibility index (Phi) is 5.41. The zero-order chi connectivity index (χ0) is 16.1. The molecule has 5 heteroatoms. The molecule has 0 saturated heterocycles. The Morgan fingerprint density at radius 3 is 2.64 bits per heavy atom. The average Bonchev–Trinajstić information content (AvgIpc) is 2.98. The van der Waals surface area contributed by atoms with E-state index < -0.39 is 5.97 Å². The fourth-order valence-corrected chi connectivity index (χ4v) is 2.98. The molecule has 2 N–H and O–H groups in total. The van der Waals surface area contributed by atoms with Crippen LogP contribution in [0.2, 0.25) is 0 Å². The minimum absolute atomic E-state index is 0.0671. The van der Waals surface area contributed by atoms with Crippen LogP contribution in [0.25, 0.3) is 0 Å². The highest BCUT2D eigenvalue weighted by molar-refractivity contribution is 5.81. The van der Waals surface area contributed by atoms with E-state index in [0.717, 1.165) is 11.3 Å². The van der Waals surface area contributed by atoms with E-state index in [-0.39, 0.29) is 23.8 Å². The van der Waals surface area contributed by atoms with Gasteiger partial charge in [-0.1, -0.05) is 18.2 Å². The molecular formula is C17H23NO4. The van der Waals surface area contributed by atoms with Crippen LogP contribution in [0, 0.1) is 11.8 Å². The van der Waals surface area contributed by atoms with Crippen molar-refractivity contribution in [3.8, 4) is 5.75 Å². The third-order valence-electron chi connectivity index (χ3n) is 4.20. The number of carboxylic acid groups (broad SMARTS) is 1. The number of hydrogen-bond donors (Lipinski definition) is 2. The van der Waals surface area contributed by atoms with Gasteiger partial charge in [0.1, 0.15) is 5.75 Å². The Morgan fingerprint density at radius 1 is 1.32 bits per heavy atom. The molecular weight excluding hydrogens is 282 g/mol. The molecule has 0 radical (unpaired) electrons. The minimum atomic E-state index is -0.801. The van der Waals surface area contributed by atoms with Gasteiger partial charge in [-0.05, 0) is 39.2 Å². The number of ether oxygens (including phenoxy) is 1. The molecule has 1 amide bonds. The number of carbonyl (C=O) groups is 2. The van der Waals surface area contributed by atoms with Crippen molar-refractivity contribution in [3.63, 3.8) is 0 Å². The van der Waals surface area contributed by atoms with Crippen molar-refractivity contribution < 1.29 is 19.4 Å². The molecule has 0 aliphatic heterocycles. The molecule has 2 rings (SSSR count). The maximum absolute atomic E-state index is 12.3. The summed E-state index contributed by atoms with van der Waals surface area (Å²) in [5.74, 6) is -0.690. The van der Waals surface area contributed by atoms with Crippen LogP contribution in [0.4, 0.5) is 0 Å². The van der Waals surface area contributed by atoms with Crippen molar-refractivity contribution in [1.82, 2.24) is 5.32 Å². The van der Waals surface area contributed by atoms with E-state index in [9.17, 15) is 9.59 Å². The molecule has 1 aliphatic rings. The molecule has 1 fully saturated rings. The van der Waals surface area contributed by atoms with E-state index in [2.05, 4.69) is 5.32 Å². The first-order valence-electron chi connectivity index (χ1n) is 7.77. The summed E-state index contributed by atoms with van der Waals surface area (Å²) >= 11 is 0. The first-order valence-corrected chi connectivity index (χ1v) is 7.77. The summed E-state index contributed by atoms with van der Waals surface area (Å²) in [6, 6.07) is 7.47. The zero-order valence-corrected chi connectivity index (χ0v) is 13.0. The second kappa shape index (κ2) is 7.29. The molecule has 120 valence electrons. The Bertz CT molecular complexity index is 543. The van der Waals surface area contributed by atoms with E-state index >= 15 is 0 Å². The van der Waals surface area contributed by atoms with Crippen molar-refractivity contribution in [2.75, 3.05) is 6.61 Å². The van der Waals surface area contributed by atoms with Crippen LogP contribution in [0.1, 0.15) is 44.7 Å². The van der Waals surface area contributed by atoms with Gasteiger partial charge in [0, 0.05) is 11.5 Å². The molecule has 0 heterocycles. The van der Waals surface area contributed by atoms with Crippen LogP contribution >= 0.6 is 0 Å². The van der Waals surface area contributed by atoms with E-state index in [1.54, 1.807) is 0 Å². The number of amides is 1. The number of para-hydroxylation sites is 1. The maximum atomic E-state index is 12.3. The summed E-state index contributed by atoms with van der Waals surface area (Å²) in [6.07, 6.45) is 1.65. The molecule has 22 heavy (non-hydrogen) atoms. The maximum Gasteiger partial charge on any atom is 0.306 e. The summed E-state index contributed by atoms with van der Waals surface area (Å²) in [7, 11) is 0. The highest BCUT2D eigenvalue weighted by atomic mass is 16.5. The largest absolute Gasteiger partial charge is 0.494 e. The topological polar surface area (TPSA) is 75.6 Å². The van der Waals surface area contributed by atoms with E-state index in [0.29, 0.717) is 25.9 Å². The molecule has 5 nitrogen and oxygen atoms in total. The first kappa shape index (κ1) is 16.3. The lowest BCUT2D eigenvalue weighted by Crippen LogP contribution is -2.32. The Morgan fingerprint density at radius 2 is 2.00 bits per heavy atom. The van der Waals surface area contributed by atoms with Crippen LogP contribution in [-0.2, 0) is 9.59 Å². The van der Waals surface area contributed by atoms with Gasteiger partial charge in [-0.2, -0.15) is 0 Å². The highest BCUT2D eigenvalue weighted by Crippen LogP contribution is 2.32. The predicted molar refractivity (Wildman–Crippen MR) is 82.6 cm³/mol. The van der Waals surface area contributed by atoms with Crippen molar-refractivity contribution in [2.24, 2.45) is 11.8 Å². The van der Waals surface area contributed by atoms with E-state index in [4.69, 9.17) is 9.84 Å². The smallest absolute Gasteiger partial charge is 0.306 e. The number of carbonyl (C=O) groups excluding carboxylic acids is 1. The van der Waals surface area contributed by atoms with Crippen molar-refractivity contribution in [3.05, 3.63) is 29.8 Å². The SMILES string of the molecule is CCOc1ccccc1C(C)NC(=O)[C@@H]1CC[C@H](C(=O)O)C1. The summed E-state index contributed by atoms with van der Waals surface area (Å²) < 4.78 is 5.58. The van der Waals surface area contributed by atoms with Gasteiger partial charge in [0.05, 0.1) is 18.6 Å². The molecule has 0 aromatic heterocycles. The normalized spacial score (nSPS) is 22.1. The summed E-state index contributed by atoms with van der Waals surface area (Å²) in [6.45, 7) is 4.41. The van der Waals surface area contributed by atoms with Gasteiger partial charge in [0.25, 0.3) is 0 Å². The van der Waals surface area contributed by atoms with Gasteiger partial charge in [0.2, 0.25) is 5.91 Å². The fourth-order valence-electron chi connectivity index (χ4n) is 2.98. The molecule has 1 unspecified atom stereocenters. The molecule has 3 atom stereocenters. The van der Waals surface area contributed by atoms with E-state index in [1.807, 2.05) is 38.1 Å². The predicted octanol–water partition coefficient (Wildman–Crippen LogP) is 2.76. The van der Waals surface area contributed by atoms with Gasteiger partial charge in [-0.15, -0.1) is 0 Å². The second-order valence-electron chi connectivity index (χ2n) is 5.75. The van der Waals surface area contributed by atoms with Crippen LogP contribution in [-0.4, -0.2) is 23.6 Å². The standard InChI is InChI=1S/C17H23NO4/c1-3-22-15-7-5-4-6-14(15)11(2)18-16(19)12-8-9-13(10-12)17(20)21/h4-7,11-13H,3,8-10H2,1-2H3,(H,18,19)(H,20,21)/t11?,12-,13+/m1/s1. The summed E-state index contributed by atoms with van der Waals surface area (Å²) in [5.41, 5.74) is 0.936. The number of benzene rings is 1. The number of rotatable bonds is 6. The second-order valence-corrected chi connectivity index (χ2v) is 5.75. The Hall–Kier alpha value is -2.04. The first-order chi connectivity index (χ1) is 10.5. The van der Waals surface area contributed by atoms with Gasteiger partial charge in [0.15, 0.2) is 0 Å².